The summed E-state index contributed by atoms with van der Waals surface area (Å²) in [6, 6.07) is 7.93. The number of carbonyl (C=O) groups is 1. The zero-order chi connectivity index (χ0) is 17.1. The first-order valence-electron chi connectivity index (χ1n) is 7.73. The Morgan fingerprint density at radius 1 is 1.33 bits per heavy atom. The first kappa shape index (κ1) is 16.9. The van der Waals surface area contributed by atoms with Gasteiger partial charge in [0.1, 0.15) is 5.82 Å². The zero-order valence-corrected chi connectivity index (χ0v) is 14.0. The minimum atomic E-state index is -0.556. The van der Waals surface area contributed by atoms with Crippen molar-refractivity contribution in [1.82, 2.24) is 9.88 Å². The maximum absolute atomic E-state index is 14.0. The molecule has 0 bridgehead atoms. The quantitative estimate of drug-likeness (QED) is 0.850. The molecular formula is C18H18ClFN2O2. The second-order valence-corrected chi connectivity index (χ2v) is 6.37. The molecule has 126 valence electrons. The van der Waals surface area contributed by atoms with Crippen molar-refractivity contribution in [3.05, 3.63) is 64.7 Å². The first-order valence-corrected chi connectivity index (χ1v) is 8.11. The molecule has 0 N–H and O–H groups in total. The summed E-state index contributed by atoms with van der Waals surface area (Å²) < 4.78 is 19.3. The number of halogens is 2. The summed E-state index contributed by atoms with van der Waals surface area (Å²) in [5.74, 6) is -0.601. The maximum atomic E-state index is 14.0. The molecule has 1 aliphatic heterocycles. The van der Waals surface area contributed by atoms with Crippen molar-refractivity contribution in [2.75, 3.05) is 26.8 Å². The van der Waals surface area contributed by atoms with E-state index in [1.54, 1.807) is 24.4 Å². The minimum absolute atomic E-state index is 0.00838. The van der Waals surface area contributed by atoms with E-state index in [1.807, 2.05) is 12.1 Å². The van der Waals surface area contributed by atoms with Crippen molar-refractivity contribution in [3.63, 3.8) is 0 Å². The van der Waals surface area contributed by atoms with E-state index >= 15 is 0 Å². The van der Waals surface area contributed by atoms with Gasteiger partial charge in [0.15, 0.2) is 0 Å². The van der Waals surface area contributed by atoms with Gasteiger partial charge in [-0.3, -0.25) is 9.78 Å². The van der Waals surface area contributed by atoms with Crippen LogP contribution >= 0.6 is 11.6 Å². The molecular weight excluding hydrogens is 331 g/mol. The van der Waals surface area contributed by atoms with Crippen LogP contribution < -0.4 is 0 Å². The molecule has 6 heteroatoms. The lowest BCUT2D eigenvalue weighted by atomic mass is 9.90. The molecule has 1 amide bonds. The molecule has 0 saturated carbocycles. The highest BCUT2D eigenvalue weighted by atomic mass is 35.5. The molecule has 4 nitrogen and oxygen atoms in total. The predicted molar refractivity (Wildman–Crippen MR) is 89.7 cm³/mol. The summed E-state index contributed by atoms with van der Waals surface area (Å²) in [5.41, 5.74) is 1.11. The largest absolute Gasteiger partial charge is 0.384 e. The Labute approximate surface area is 145 Å². The highest BCUT2D eigenvalue weighted by Crippen LogP contribution is 2.33. The van der Waals surface area contributed by atoms with E-state index in [4.69, 9.17) is 16.3 Å². The molecule has 1 aromatic heterocycles. The van der Waals surface area contributed by atoms with Gasteiger partial charge in [0.05, 0.1) is 12.2 Å². The standard InChI is InChI=1S/C18H18ClFN2O2/c1-24-11-13-9-22(10-16(13)12-4-6-21-7-5-12)18(23)15-8-14(19)2-3-17(15)20/h2-8,13,16H,9-11H2,1H3. The van der Waals surface area contributed by atoms with Gasteiger partial charge >= 0.3 is 0 Å². The lowest BCUT2D eigenvalue weighted by Gasteiger charge is -2.17. The van der Waals surface area contributed by atoms with Crippen molar-refractivity contribution in [2.24, 2.45) is 5.92 Å². The van der Waals surface area contributed by atoms with Crippen LogP contribution in [-0.4, -0.2) is 42.6 Å². The first-order chi connectivity index (χ1) is 11.6. The van der Waals surface area contributed by atoms with Crippen molar-refractivity contribution in [2.45, 2.75) is 5.92 Å². The molecule has 2 heterocycles. The number of nitrogens with zero attached hydrogens (tertiary/aromatic N) is 2. The fourth-order valence-electron chi connectivity index (χ4n) is 3.24. The summed E-state index contributed by atoms with van der Waals surface area (Å²) in [7, 11) is 1.64. The van der Waals surface area contributed by atoms with Crippen LogP contribution in [0.2, 0.25) is 5.02 Å². The van der Waals surface area contributed by atoms with E-state index in [2.05, 4.69) is 4.98 Å². The van der Waals surface area contributed by atoms with E-state index in [1.165, 1.54) is 18.2 Å². The van der Waals surface area contributed by atoms with Gasteiger partial charge in [0, 0.05) is 49.5 Å². The molecule has 1 aromatic carbocycles. The number of likely N-dealkylation sites (tertiary alicyclic amines) is 1. The number of pyridine rings is 1. The molecule has 1 saturated heterocycles. The van der Waals surface area contributed by atoms with Crippen molar-refractivity contribution < 1.29 is 13.9 Å². The molecule has 2 unspecified atom stereocenters. The van der Waals surface area contributed by atoms with Gasteiger partial charge in [0.25, 0.3) is 5.91 Å². The number of methoxy groups -OCH3 is 1. The van der Waals surface area contributed by atoms with E-state index in [0.29, 0.717) is 24.7 Å². The van der Waals surface area contributed by atoms with Gasteiger partial charge < -0.3 is 9.64 Å². The van der Waals surface area contributed by atoms with Gasteiger partial charge in [-0.2, -0.15) is 0 Å². The average Bonchev–Trinajstić information content (AvgIpc) is 3.01. The summed E-state index contributed by atoms with van der Waals surface area (Å²) in [5, 5.41) is 0.345. The molecule has 3 rings (SSSR count). The van der Waals surface area contributed by atoms with Crippen LogP contribution in [0.5, 0.6) is 0 Å². The molecule has 0 spiro atoms. The molecule has 2 aromatic rings. The van der Waals surface area contributed by atoms with Crippen molar-refractivity contribution in [1.29, 1.82) is 0 Å². The van der Waals surface area contributed by atoms with Gasteiger partial charge in [-0.1, -0.05) is 11.6 Å². The van der Waals surface area contributed by atoms with E-state index in [9.17, 15) is 9.18 Å². The second kappa shape index (κ2) is 7.28. The predicted octanol–water partition coefficient (Wildman–Crippen LogP) is 3.38. The van der Waals surface area contributed by atoms with Crippen LogP contribution in [0, 0.1) is 11.7 Å². The molecule has 1 aliphatic rings. The fourth-order valence-corrected chi connectivity index (χ4v) is 3.41. The second-order valence-electron chi connectivity index (χ2n) is 5.94. The Kier molecular flexibility index (Phi) is 5.11. The molecule has 0 radical (unpaired) electrons. The van der Waals surface area contributed by atoms with Gasteiger partial charge in [-0.25, -0.2) is 4.39 Å². The van der Waals surface area contributed by atoms with Crippen LogP contribution in [0.1, 0.15) is 21.8 Å². The number of aromatic nitrogens is 1. The Morgan fingerprint density at radius 2 is 2.08 bits per heavy atom. The van der Waals surface area contributed by atoms with Crippen molar-refractivity contribution >= 4 is 17.5 Å². The monoisotopic (exact) mass is 348 g/mol. The van der Waals surface area contributed by atoms with Crippen LogP contribution in [0.3, 0.4) is 0 Å². The molecule has 24 heavy (non-hydrogen) atoms. The lowest BCUT2D eigenvalue weighted by Crippen LogP contribution is -2.30. The van der Waals surface area contributed by atoms with Crippen LogP contribution in [0.25, 0.3) is 0 Å². The van der Waals surface area contributed by atoms with E-state index < -0.39 is 5.82 Å². The fraction of sp³-hybridized carbons (Fsp3) is 0.333. The number of amides is 1. The Hall–Kier alpha value is -1.98. The molecule has 1 fully saturated rings. The van der Waals surface area contributed by atoms with E-state index in [-0.39, 0.29) is 23.3 Å². The lowest BCUT2D eigenvalue weighted by molar-refractivity contribution is 0.0771. The number of benzene rings is 1. The zero-order valence-electron chi connectivity index (χ0n) is 13.3. The van der Waals surface area contributed by atoms with Crippen LogP contribution in [-0.2, 0) is 4.74 Å². The number of hydrogen-bond donors (Lipinski definition) is 0. The minimum Gasteiger partial charge on any atom is -0.384 e. The van der Waals surface area contributed by atoms with Gasteiger partial charge in [0.2, 0.25) is 0 Å². The normalized spacial score (nSPS) is 20.4. The summed E-state index contributed by atoms with van der Waals surface area (Å²) >= 11 is 5.91. The Morgan fingerprint density at radius 3 is 2.79 bits per heavy atom. The third-order valence-corrected chi connectivity index (χ3v) is 4.64. The SMILES string of the molecule is COCC1CN(C(=O)c2cc(Cl)ccc2F)CC1c1ccncc1. The van der Waals surface area contributed by atoms with Crippen LogP contribution in [0.4, 0.5) is 4.39 Å². The molecule has 0 aliphatic carbocycles. The number of carbonyl (C=O) groups excluding carboxylic acids is 1. The number of hydrogen-bond acceptors (Lipinski definition) is 3. The van der Waals surface area contributed by atoms with Gasteiger partial charge in [-0.05, 0) is 35.9 Å². The highest BCUT2D eigenvalue weighted by molar-refractivity contribution is 6.31. The Bertz CT molecular complexity index is 726. The Balaban J connectivity index is 1.85. The number of ether oxygens (including phenoxy) is 1. The highest BCUT2D eigenvalue weighted by Gasteiger charge is 2.37. The third-order valence-electron chi connectivity index (χ3n) is 4.40. The smallest absolute Gasteiger partial charge is 0.256 e. The van der Waals surface area contributed by atoms with Gasteiger partial charge in [-0.15, -0.1) is 0 Å². The molecule has 2 atom stereocenters. The average molecular weight is 349 g/mol. The summed E-state index contributed by atoms with van der Waals surface area (Å²) in [6.45, 7) is 1.57. The summed E-state index contributed by atoms with van der Waals surface area (Å²) in [6.07, 6.45) is 3.47. The summed E-state index contributed by atoms with van der Waals surface area (Å²) in [4.78, 5) is 18.4. The topological polar surface area (TPSA) is 42.4 Å². The maximum Gasteiger partial charge on any atom is 0.256 e. The number of rotatable bonds is 4. The third kappa shape index (κ3) is 3.42. The van der Waals surface area contributed by atoms with E-state index in [0.717, 1.165) is 5.56 Å². The van der Waals surface area contributed by atoms with Crippen LogP contribution in [0.15, 0.2) is 42.7 Å². The van der Waals surface area contributed by atoms with Crippen molar-refractivity contribution in [3.8, 4) is 0 Å².